The number of nitrogens with one attached hydrogen (secondary N) is 1. The van der Waals surface area contributed by atoms with Crippen molar-refractivity contribution in [3.05, 3.63) is 24.3 Å². The average molecular weight is 424 g/mol. The van der Waals surface area contributed by atoms with Crippen molar-refractivity contribution < 1.29 is 22.7 Å². The highest BCUT2D eigenvalue weighted by Crippen LogP contribution is 2.28. The lowest BCUT2D eigenvalue weighted by molar-refractivity contribution is -0.140. The highest BCUT2D eigenvalue weighted by molar-refractivity contribution is 7.89. The van der Waals surface area contributed by atoms with E-state index in [1.54, 1.807) is 0 Å². The summed E-state index contributed by atoms with van der Waals surface area (Å²) in [7, 11) is -2.37. The van der Waals surface area contributed by atoms with Crippen LogP contribution >= 0.6 is 0 Å². The van der Waals surface area contributed by atoms with Gasteiger partial charge in [-0.05, 0) is 63.3 Å². The second kappa shape index (κ2) is 9.13. The number of piperidine rings is 2. The Morgan fingerprint density at radius 1 is 1.03 bits per heavy atom. The van der Waals surface area contributed by atoms with Crippen molar-refractivity contribution in [2.24, 2.45) is 5.92 Å². The lowest BCUT2D eigenvalue weighted by atomic mass is 9.94. The Hall–Kier alpha value is -2.13. The number of sulfonamides is 1. The van der Waals surface area contributed by atoms with Crippen LogP contribution < -0.4 is 5.32 Å². The van der Waals surface area contributed by atoms with Gasteiger partial charge in [0.1, 0.15) is 0 Å². The van der Waals surface area contributed by atoms with Crippen LogP contribution in [0.1, 0.15) is 39.0 Å². The zero-order chi connectivity index (χ0) is 21.0. The molecule has 9 heteroatoms. The van der Waals surface area contributed by atoms with Crippen LogP contribution in [0.15, 0.2) is 29.2 Å². The summed E-state index contributed by atoms with van der Waals surface area (Å²) in [6.45, 7) is 3.58. The smallest absolute Gasteiger partial charge is 0.411 e. The second-order valence-electron chi connectivity index (χ2n) is 7.70. The predicted molar refractivity (Wildman–Crippen MR) is 109 cm³/mol. The maximum absolute atomic E-state index is 12.9. The van der Waals surface area contributed by atoms with Crippen LogP contribution in [0.4, 0.5) is 10.5 Å². The van der Waals surface area contributed by atoms with Gasteiger partial charge >= 0.3 is 6.09 Å². The molecule has 3 rings (SSSR count). The van der Waals surface area contributed by atoms with E-state index in [2.05, 4.69) is 17.0 Å². The Kier molecular flexibility index (Phi) is 6.79. The summed E-state index contributed by atoms with van der Waals surface area (Å²) in [6.07, 6.45) is 3.72. The fourth-order valence-electron chi connectivity index (χ4n) is 4.03. The molecule has 2 amide bonds. The van der Waals surface area contributed by atoms with Gasteiger partial charge in [0, 0.05) is 37.3 Å². The van der Waals surface area contributed by atoms with E-state index in [9.17, 15) is 18.0 Å². The number of ether oxygens (including phenoxy) is 1. The van der Waals surface area contributed by atoms with Crippen molar-refractivity contribution in [3.63, 3.8) is 0 Å². The molecule has 0 bridgehead atoms. The summed E-state index contributed by atoms with van der Waals surface area (Å²) in [6, 6.07) is 6.26. The first-order valence-corrected chi connectivity index (χ1v) is 11.5. The minimum absolute atomic E-state index is 0.103. The topological polar surface area (TPSA) is 96.0 Å². The number of methoxy groups -OCH3 is 1. The molecule has 0 radical (unpaired) electrons. The molecule has 1 aromatic rings. The summed E-state index contributed by atoms with van der Waals surface area (Å²) >= 11 is 0. The molecular weight excluding hydrogens is 394 g/mol. The van der Waals surface area contributed by atoms with E-state index in [1.807, 2.05) is 4.90 Å². The number of carbonyl (C=O) groups is 2. The van der Waals surface area contributed by atoms with E-state index in [4.69, 9.17) is 0 Å². The van der Waals surface area contributed by atoms with Gasteiger partial charge in [0.2, 0.25) is 15.9 Å². The Morgan fingerprint density at radius 3 is 2.28 bits per heavy atom. The zero-order valence-electron chi connectivity index (χ0n) is 17.0. The molecule has 2 heterocycles. The lowest BCUT2D eigenvalue weighted by Crippen LogP contribution is -2.48. The van der Waals surface area contributed by atoms with Crippen molar-refractivity contribution in [2.75, 3.05) is 32.1 Å². The van der Waals surface area contributed by atoms with Crippen LogP contribution in [0.3, 0.4) is 0 Å². The number of benzene rings is 1. The van der Waals surface area contributed by atoms with Crippen LogP contribution in [0.2, 0.25) is 0 Å². The number of hydrogen-bond acceptors (Lipinski definition) is 5. The number of carbonyl (C=O) groups excluding carboxylic acids is 2. The second-order valence-corrected chi connectivity index (χ2v) is 9.63. The number of hydrogen-bond donors (Lipinski definition) is 1. The maximum atomic E-state index is 12.9. The van der Waals surface area contributed by atoms with E-state index >= 15 is 0 Å². The molecule has 0 unspecified atom stereocenters. The normalized spacial score (nSPS) is 21.6. The third kappa shape index (κ3) is 4.90. The van der Waals surface area contributed by atoms with Gasteiger partial charge in [0.25, 0.3) is 0 Å². The molecule has 0 spiro atoms. The minimum atomic E-state index is -3.63. The number of nitrogens with zero attached hydrogens (tertiary/aromatic N) is 2. The van der Waals surface area contributed by atoms with Crippen molar-refractivity contribution in [2.45, 2.75) is 50.0 Å². The van der Waals surface area contributed by atoms with Crippen LogP contribution in [-0.4, -0.2) is 62.4 Å². The third-order valence-corrected chi connectivity index (χ3v) is 7.73. The number of rotatable bonds is 4. The van der Waals surface area contributed by atoms with Gasteiger partial charge in [-0.1, -0.05) is 0 Å². The van der Waals surface area contributed by atoms with Crippen LogP contribution in [0.5, 0.6) is 0 Å². The monoisotopic (exact) mass is 423 g/mol. The van der Waals surface area contributed by atoms with E-state index in [1.165, 1.54) is 35.7 Å². The zero-order valence-corrected chi connectivity index (χ0v) is 17.8. The molecule has 160 valence electrons. The van der Waals surface area contributed by atoms with Gasteiger partial charge in [-0.25, -0.2) is 13.2 Å². The maximum Gasteiger partial charge on any atom is 0.411 e. The molecule has 2 aliphatic rings. The third-order valence-electron chi connectivity index (χ3n) is 5.81. The molecule has 2 saturated heterocycles. The molecule has 1 atom stereocenters. The number of amides is 2. The largest absolute Gasteiger partial charge is 0.453 e. The molecule has 0 aromatic heterocycles. The highest BCUT2D eigenvalue weighted by Gasteiger charge is 2.35. The quantitative estimate of drug-likeness (QED) is 0.803. The molecule has 29 heavy (non-hydrogen) atoms. The van der Waals surface area contributed by atoms with E-state index in [0.717, 1.165) is 25.8 Å². The Labute approximate surface area is 172 Å². The first-order valence-electron chi connectivity index (χ1n) is 10.1. The Balaban J connectivity index is 1.60. The lowest BCUT2D eigenvalue weighted by Gasteiger charge is -2.38. The average Bonchev–Trinajstić information content (AvgIpc) is 2.74. The molecule has 8 nitrogen and oxygen atoms in total. The summed E-state index contributed by atoms with van der Waals surface area (Å²) in [5.41, 5.74) is 0.454. The first-order chi connectivity index (χ1) is 13.8. The van der Waals surface area contributed by atoms with Gasteiger partial charge < -0.3 is 9.64 Å². The van der Waals surface area contributed by atoms with Crippen LogP contribution in [-0.2, 0) is 19.6 Å². The standard InChI is InChI=1S/C20H29N3O5S/c1-15-5-3-4-12-23(15)19(24)16-10-13-22(14-11-16)29(26,27)18-8-6-17(7-9-18)21-20(25)28-2/h6-9,15-16H,3-5,10-14H2,1-2H3,(H,21,25)/t15-/m1/s1. The Bertz CT molecular complexity index is 832. The molecular formula is C20H29N3O5S. The first kappa shape index (κ1) is 21.6. The van der Waals surface area contributed by atoms with E-state index < -0.39 is 16.1 Å². The van der Waals surface area contributed by atoms with Crippen molar-refractivity contribution in [1.82, 2.24) is 9.21 Å². The molecule has 1 N–H and O–H groups in total. The molecule has 0 aliphatic carbocycles. The summed E-state index contributed by atoms with van der Waals surface area (Å²) < 4.78 is 31.8. The highest BCUT2D eigenvalue weighted by atomic mass is 32.2. The minimum Gasteiger partial charge on any atom is -0.453 e. The van der Waals surface area contributed by atoms with Crippen molar-refractivity contribution in [3.8, 4) is 0 Å². The van der Waals surface area contributed by atoms with Gasteiger partial charge in [0.15, 0.2) is 0 Å². The summed E-state index contributed by atoms with van der Waals surface area (Å²) in [5, 5.41) is 2.49. The molecule has 2 aliphatic heterocycles. The van der Waals surface area contributed by atoms with Gasteiger partial charge in [0.05, 0.1) is 12.0 Å². The Morgan fingerprint density at radius 2 is 1.69 bits per heavy atom. The predicted octanol–water partition coefficient (Wildman–Crippen LogP) is 2.67. The molecule has 2 fully saturated rings. The number of likely N-dealkylation sites (tertiary alicyclic amines) is 1. The molecule has 1 aromatic carbocycles. The fourth-order valence-corrected chi connectivity index (χ4v) is 5.50. The van der Waals surface area contributed by atoms with Crippen molar-refractivity contribution >= 4 is 27.7 Å². The van der Waals surface area contributed by atoms with E-state index in [0.29, 0.717) is 31.6 Å². The summed E-state index contributed by atoms with van der Waals surface area (Å²) in [4.78, 5) is 26.2. The SMILES string of the molecule is COC(=O)Nc1ccc(S(=O)(=O)N2CCC(C(=O)N3CCCC[C@H]3C)CC2)cc1. The van der Waals surface area contributed by atoms with Crippen LogP contribution in [0.25, 0.3) is 0 Å². The van der Waals surface area contributed by atoms with Gasteiger partial charge in [-0.2, -0.15) is 4.31 Å². The van der Waals surface area contributed by atoms with E-state index in [-0.39, 0.29) is 22.8 Å². The fraction of sp³-hybridized carbons (Fsp3) is 0.600. The number of anilines is 1. The van der Waals surface area contributed by atoms with Crippen LogP contribution in [0, 0.1) is 5.92 Å². The van der Waals surface area contributed by atoms with Gasteiger partial charge in [-0.15, -0.1) is 0 Å². The summed E-state index contributed by atoms with van der Waals surface area (Å²) in [5.74, 6) is 0.0705. The van der Waals surface area contributed by atoms with Gasteiger partial charge in [-0.3, -0.25) is 10.1 Å². The van der Waals surface area contributed by atoms with Crippen molar-refractivity contribution in [1.29, 1.82) is 0 Å². The molecule has 0 saturated carbocycles.